The fourth-order valence-electron chi connectivity index (χ4n) is 2.39. The van der Waals surface area contributed by atoms with Crippen molar-refractivity contribution in [3.05, 3.63) is 23.8 Å². The molecule has 0 bridgehead atoms. The summed E-state index contributed by atoms with van der Waals surface area (Å²) >= 11 is 0. The zero-order valence-corrected chi connectivity index (χ0v) is 11.6. The van der Waals surface area contributed by atoms with Crippen molar-refractivity contribution in [3.8, 4) is 11.5 Å². The van der Waals surface area contributed by atoms with Crippen LogP contribution in [0, 0.1) is 0 Å². The van der Waals surface area contributed by atoms with Crippen LogP contribution in [0.4, 0.5) is 0 Å². The number of hydrogen-bond acceptors (Lipinski definition) is 3. The molecule has 1 aliphatic carbocycles. The molecule has 19 heavy (non-hydrogen) atoms. The van der Waals surface area contributed by atoms with E-state index in [0.717, 1.165) is 12.8 Å². The number of phenols is 1. The van der Waals surface area contributed by atoms with Gasteiger partial charge in [0.05, 0.1) is 11.7 Å². The van der Waals surface area contributed by atoms with E-state index >= 15 is 0 Å². The molecule has 1 fully saturated rings. The number of ether oxygens (including phenoxy) is 1. The second-order valence-electron chi connectivity index (χ2n) is 5.26. The first-order valence-corrected chi connectivity index (χ1v) is 6.79. The van der Waals surface area contributed by atoms with E-state index < -0.39 is 0 Å². The summed E-state index contributed by atoms with van der Waals surface area (Å²) < 4.78 is 5.93. The lowest BCUT2D eigenvalue weighted by Crippen LogP contribution is -2.25. The molecule has 0 saturated heterocycles. The quantitative estimate of drug-likeness (QED) is 0.912. The number of carbonyl (C=O) groups excluding carboxylic acids is 1. The molecular formula is C15H21NO3. The Labute approximate surface area is 114 Å². The topological polar surface area (TPSA) is 49.8 Å². The average Bonchev–Trinajstić information content (AvgIpc) is 2.39. The molecule has 104 valence electrons. The van der Waals surface area contributed by atoms with Crippen molar-refractivity contribution in [1.82, 2.24) is 4.90 Å². The van der Waals surface area contributed by atoms with Gasteiger partial charge in [0.25, 0.3) is 5.91 Å². The summed E-state index contributed by atoms with van der Waals surface area (Å²) in [7, 11) is 3.42. The van der Waals surface area contributed by atoms with Crippen molar-refractivity contribution >= 4 is 5.91 Å². The molecule has 0 unspecified atom stereocenters. The minimum absolute atomic E-state index is 0.106. The van der Waals surface area contributed by atoms with Gasteiger partial charge in [0.15, 0.2) is 0 Å². The predicted molar refractivity (Wildman–Crippen MR) is 73.6 cm³/mol. The summed E-state index contributed by atoms with van der Waals surface area (Å²) in [5.41, 5.74) is 0.508. The van der Waals surface area contributed by atoms with Crippen LogP contribution in [0.15, 0.2) is 18.2 Å². The highest BCUT2D eigenvalue weighted by Crippen LogP contribution is 2.29. The Hall–Kier alpha value is -1.71. The van der Waals surface area contributed by atoms with E-state index in [9.17, 15) is 9.90 Å². The lowest BCUT2D eigenvalue weighted by Gasteiger charge is -2.24. The Bertz CT molecular complexity index is 451. The van der Waals surface area contributed by atoms with Crippen LogP contribution in [0.25, 0.3) is 0 Å². The third-order valence-corrected chi connectivity index (χ3v) is 3.45. The maximum atomic E-state index is 12.1. The van der Waals surface area contributed by atoms with Gasteiger partial charge in [-0.15, -0.1) is 0 Å². The number of amides is 1. The van der Waals surface area contributed by atoms with E-state index in [-0.39, 0.29) is 17.8 Å². The minimum atomic E-state index is -0.106. The highest BCUT2D eigenvalue weighted by atomic mass is 16.5. The van der Waals surface area contributed by atoms with Crippen molar-refractivity contribution in [3.63, 3.8) is 0 Å². The SMILES string of the molecule is CN(C)C(=O)c1ccc(O)cc1OC1CCCCC1. The van der Waals surface area contributed by atoms with Gasteiger partial charge in [-0.1, -0.05) is 6.42 Å². The predicted octanol–water partition coefficient (Wildman–Crippen LogP) is 2.81. The first-order valence-electron chi connectivity index (χ1n) is 6.79. The second-order valence-corrected chi connectivity index (χ2v) is 5.26. The summed E-state index contributed by atoms with van der Waals surface area (Å²) in [5.74, 6) is 0.512. The zero-order chi connectivity index (χ0) is 13.8. The van der Waals surface area contributed by atoms with Gasteiger partial charge in [-0.3, -0.25) is 4.79 Å². The van der Waals surface area contributed by atoms with Crippen molar-refractivity contribution in [1.29, 1.82) is 0 Å². The van der Waals surface area contributed by atoms with Crippen LogP contribution in [-0.4, -0.2) is 36.1 Å². The third-order valence-electron chi connectivity index (χ3n) is 3.45. The third kappa shape index (κ3) is 3.40. The molecule has 0 aromatic heterocycles. The number of benzene rings is 1. The standard InChI is InChI=1S/C15H21NO3/c1-16(2)15(18)13-9-8-11(17)10-14(13)19-12-6-4-3-5-7-12/h8-10,12,17H,3-7H2,1-2H3. The molecule has 1 N–H and O–H groups in total. The first-order chi connectivity index (χ1) is 9.08. The highest BCUT2D eigenvalue weighted by molar-refractivity contribution is 5.96. The summed E-state index contributed by atoms with van der Waals surface area (Å²) in [6, 6.07) is 4.67. The molecule has 0 radical (unpaired) electrons. The fraction of sp³-hybridized carbons (Fsp3) is 0.533. The van der Waals surface area contributed by atoms with Gasteiger partial charge >= 0.3 is 0 Å². The van der Waals surface area contributed by atoms with Gasteiger partial charge in [0.2, 0.25) is 0 Å². The molecule has 1 amide bonds. The molecule has 4 heteroatoms. The van der Waals surface area contributed by atoms with E-state index in [1.807, 2.05) is 0 Å². The lowest BCUT2D eigenvalue weighted by molar-refractivity contribution is 0.0816. The molecule has 0 aliphatic heterocycles. The number of carbonyl (C=O) groups is 1. The lowest BCUT2D eigenvalue weighted by atomic mass is 9.97. The summed E-state index contributed by atoms with van der Waals surface area (Å²) in [5, 5.41) is 9.58. The van der Waals surface area contributed by atoms with Crippen molar-refractivity contribution in [2.24, 2.45) is 0 Å². The van der Waals surface area contributed by atoms with Crippen LogP contribution in [0.1, 0.15) is 42.5 Å². The van der Waals surface area contributed by atoms with Crippen LogP contribution in [0.5, 0.6) is 11.5 Å². The Morgan fingerprint density at radius 3 is 2.58 bits per heavy atom. The molecule has 0 spiro atoms. The van der Waals surface area contributed by atoms with Crippen LogP contribution in [0.2, 0.25) is 0 Å². The first kappa shape index (κ1) is 13.7. The molecule has 4 nitrogen and oxygen atoms in total. The van der Waals surface area contributed by atoms with E-state index in [1.165, 1.54) is 36.3 Å². The molecule has 2 rings (SSSR count). The van der Waals surface area contributed by atoms with Gasteiger partial charge in [0, 0.05) is 20.2 Å². The van der Waals surface area contributed by atoms with Gasteiger partial charge in [0.1, 0.15) is 11.5 Å². The minimum Gasteiger partial charge on any atom is -0.508 e. The Kier molecular flexibility index (Phi) is 4.30. The van der Waals surface area contributed by atoms with Crippen molar-refractivity contribution < 1.29 is 14.6 Å². The number of rotatable bonds is 3. The Morgan fingerprint density at radius 1 is 1.26 bits per heavy atom. The molecule has 1 saturated carbocycles. The summed E-state index contributed by atoms with van der Waals surface area (Å²) in [6.45, 7) is 0. The summed E-state index contributed by atoms with van der Waals surface area (Å²) in [6.07, 6.45) is 5.78. The van der Waals surface area contributed by atoms with Crippen molar-refractivity contribution in [2.75, 3.05) is 14.1 Å². The molecule has 0 heterocycles. The van der Waals surface area contributed by atoms with E-state index in [4.69, 9.17) is 4.74 Å². The van der Waals surface area contributed by atoms with Gasteiger partial charge in [-0.05, 0) is 37.8 Å². The Balaban J connectivity index is 2.21. The van der Waals surface area contributed by atoms with Gasteiger partial charge in [-0.25, -0.2) is 0 Å². The fourth-order valence-corrected chi connectivity index (χ4v) is 2.39. The second kappa shape index (κ2) is 5.95. The van der Waals surface area contributed by atoms with E-state index in [1.54, 1.807) is 20.2 Å². The molecule has 0 atom stereocenters. The van der Waals surface area contributed by atoms with Crippen LogP contribution < -0.4 is 4.74 Å². The number of aromatic hydroxyl groups is 1. The van der Waals surface area contributed by atoms with Crippen LogP contribution in [0.3, 0.4) is 0 Å². The maximum Gasteiger partial charge on any atom is 0.257 e. The normalized spacial score (nSPS) is 16.1. The van der Waals surface area contributed by atoms with Crippen molar-refractivity contribution in [2.45, 2.75) is 38.2 Å². The highest BCUT2D eigenvalue weighted by Gasteiger charge is 2.20. The molecule has 1 aromatic carbocycles. The Morgan fingerprint density at radius 2 is 1.95 bits per heavy atom. The van der Waals surface area contributed by atoms with E-state index in [2.05, 4.69) is 0 Å². The van der Waals surface area contributed by atoms with E-state index in [0.29, 0.717) is 11.3 Å². The zero-order valence-electron chi connectivity index (χ0n) is 11.6. The van der Waals surface area contributed by atoms with Crippen LogP contribution >= 0.6 is 0 Å². The van der Waals surface area contributed by atoms with Gasteiger partial charge in [-0.2, -0.15) is 0 Å². The molecule has 1 aromatic rings. The largest absolute Gasteiger partial charge is 0.508 e. The summed E-state index contributed by atoms with van der Waals surface area (Å²) in [4.78, 5) is 13.6. The number of nitrogens with zero attached hydrogens (tertiary/aromatic N) is 1. The van der Waals surface area contributed by atoms with Gasteiger partial charge < -0.3 is 14.7 Å². The average molecular weight is 263 g/mol. The number of phenolic OH excluding ortho intramolecular Hbond substituents is 1. The molecular weight excluding hydrogens is 242 g/mol. The monoisotopic (exact) mass is 263 g/mol. The number of hydrogen-bond donors (Lipinski definition) is 1. The smallest absolute Gasteiger partial charge is 0.257 e. The maximum absolute atomic E-state index is 12.1. The molecule has 1 aliphatic rings. The van der Waals surface area contributed by atoms with Crippen LogP contribution in [-0.2, 0) is 0 Å².